The summed E-state index contributed by atoms with van der Waals surface area (Å²) in [6.45, 7) is 2.74. The summed E-state index contributed by atoms with van der Waals surface area (Å²) in [6, 6.07) is 0. The Kier molecular flexibility index (Phi) is 6.22. The van der Waals surface area contributed by atoms with Crippen LogP contribution in [0.1, 0.15) is 40.3 Å². The summed E-state index contributed by atoms with van der Waals surface area (Å²) in [7, 11) is 1.53. The van der Waals surface area contributed by atoms with Crippen molar-refractivity contribution in [2.75, 3.05) is 26.9 Å². The Morgan fingerprint density at radius 3 is 2.89 bits per heavy atom. The van der Waals surface area contributed by atoms with Crippen LogP contribution in [0.4, 0.5) is 0 Å². The zero-order valence-electron chi connectivity index (χ0n) is 15.5. The monoisotopic (exact) mass is 393 g/mol. The molecule has 0 fully saturated rings. The maximum atomic E-state index is 12.9. The van der Waals surface area contributed by atoms with Crippen molar-refractivity contribution in [1.29, 1.82) is 0 Å². The fraction of sp³-hybridized carbons (Fsp3) is 0.556. The molecular formula is C18H23N3O5S. The molecule has 1 N–H and O–H groups in total. The molecule has 0 spiro atoms. The quantitative estimate of drug-likeness (QED) is 0.588. The number of hydrogen-bond donors (Lipinski definition) is 1. The number of ether oxygens (including phenoxy) is 2. The van der Waals surface area contributed by atoms with Gasteiger partial charge in [0.05, 0.1) is 12.0 Å². The molecule has 2 aromatic rings. The third-order valence-corrected chi connectivity index (χ3v) is 5.73. The number of carbonyl (C=O) groups excluding carboxylic acids is 2. The molecular weight excluding hydrogens is 370 g/mol. The highest BCUT2D eigenvalue weighted by Crippen LogP contribution is 2.28. The molecule has 0 bridgehead atoms. The number of hydrogen-bond acceptors (Lipinski definition) is 7. The summed E-state index contributed by atoms with van der Waals surface area (Å²) in [6.07, 6.45) is 3.81. The molecule has 0 saturated heterocycles. The molecule has 8 nitrogen and oxygen atoms in total. The van der Waals surface area contributed by atoms with Crippen LogP contribution in [-0.4, -0.2) is 48.3 Å². The van der Waals surface area contributed by atoms with E-state index in [0.29, 0.717) is 40.4 Å². The van der Waals surface area contributed by atoms with Gasteiger partial charge in [-0.25, -0.2) is 9.78 Å². The van der Waals surface area contributed by atoms with Gasteiger partial charge in [0.15, 0.2) is 6.61 Å². The van der Waals surface area contributed by atoms with E-state index in [9.17, 15) is 14.4 Å². The second-order valence-corrected chi connectivity index (χ2v) is 7.45. The van der Waals surface area contributed by atoms with Crippen molar-refractivity contribution in [2.45, 2.75) is 39.2 Å². The second-order valence-electron chi connectivity index (χ2n) is 6.45. The van der Waals surface area contributed by atoms with Gasteiger partial charge >= 0.3 is 5.97 Å². The maximum absolute atomic E-state index is 12.9. The first-order chi connectivity index (χ1) is 13.0. The van der Waals surface area contributed by atoms with Crippen LogP contribution in [0.15, 0.2) is 4.79 Å². The minimum Gasteiger partial charge on any atom is -0.451 e. The van der Waals surface area contributed by atoms with Gasteiger partial charge < -0.3 is 14.8 Å². The van der Waals surface area contributed by atoms with Gasteiger partial charge in [-0.2, -0.15) is 0 Å². The fourth-order valence-electron chi connectivity index (χ4n) is 3.14. The summed E-state index contributed by atoms with van der Waals surface area (Å²) < 4.78 is 11.7. The molecule has 3 heterocycles. The predicted octanol–water partition coefficient (Wildman–Crippen LogP) is 1.41. The molecule has 9 heteroatoms. The summed E-state index contributed by atoms with van der Waals surface area (Å²) >= 11 is 1.15. The number of carbonyl (C=O) groups is 2. The van der Waals surface area contributed by atoms with Gasteiger partial charge in [-0.1, -0.05) is 6.42 Å². The van der Waals surface area contributed by atoms with Crippen LogP contribution in [0.3, 0.4) is 0 Å². The van der Waals surface area contributed by atoms with Gasteiger partial charge in [-0.15, -0.1) is 11.3 Å². The Morgan fingerprint density at radius 2 is 2.11 bits per heavy atom. The van der Waals surface area contributed by atoms with Gasteiger partial charge in [0.2, 0.25) is 0 Å². The van der Waals surface area contributed by atoms with Crippen molar-refractivity contribution in [3.63, 3.8) is 0 Å². The smallest absolute Gasteiger partial charge is 0.349 e. The lowest BCUT2D eigenvalue weighted by Gasteiger charge is -2.08. The molecule has 1 aliphatic rings. The van der Waals surface area contributed by atoms with E-state index in [-0.39, 0.29) is 12.2 Å². The number of amides is 1. The van der Waals surface area contributed by atoms with Gasteiger partial charge in [-0.05, 0) is 25.3 Å². The molecule has 0 radical (unpaired) electrons. The third-order valence-electron chi connectivity index (χ3n) is 4.56. The number of thiophene rings is 1. The molecule has 0 aliphatic carbocycles. The molecule has 2 aromatic heterocycles. The first-order valence-corrected chi connectivity index (χ1v) is 9.80. The Bertz CT molecular complexity index is 918. The van der Waals surface area contributed by atoms with Crippen LogP contribution in [-0.2, 0) is 27.2 Å². The molecule has 27 heavy (non-hydrogen) atoms. The molecule has 0 atom stereocenters. The van der Waals surface area contributed by atoms with E-state index in [1.165, 1.54) is 7.11 Å². The van der Waals surface area contributed by atoms with Crippen molar-refractivity contribution in [3.8, 4) is 0 Å². The molecule has 3 rings (SSSR count). The second kappa shape index (κ2) is 8.62. The van der Waals surface area contributed by atoms with Crippen LogP contribution in [0.2, 0.25) is 0 Å². The van der Waals surface area contributed by atoms with Gasteiger partial charge in [0.25, 0.3) is 11.5 Å². The van der Waals surface area contributed by atoms with Crippen molar-refractivity contribution in [2.24, 2.45) is 0 Å². The lowest BCUT2D eigenvalue weighted by Crippen LogP contribution is -2.31. The average Bonchev–Trinajstić information content (AvgIpc) is 2.82. The number of methoxy groups -OCH3 is 1. The molecule has 0 unspecified atom stereocenters. The zero-order valence-corrected chi connectivity index (χ0v) is 16.3. The number of fused-ring (bicyclic) bond motifs is 2. The third kappa shape index (κ3) is 4.19. The van der Waals surface area contributed by atoms with Gasteiger partial charge in [0.1, 0.15) is 15.5 Å². The number of aromatic nitrogens is 2. The Labute approximate surface area is 160 Å². The van der Waals surface area contributed by atoms with Crippen LogP contribution < -0.4 is 10.9 Å². The lowest BCUT2D eigenvalue weighted by molar-refractivity contribution is -0.124. The van der Waals surface area contributed by atoms with E-state index in [1.54, 1.807) is 11.5 Å². The summed E-state index contributed by atoms with van der Waals surface area (Å²) in [5, 5.41) is 3.05. The average molecular weight is 393 g/mol. The van der Waals surface area contributed by atoms with Crippen LogP contribution in [0.25, 0.3) is 10.2 Å². The van der Waals surface area contributed by atoms with Crippen molar-refractivity contribution >= 4 is 33.4 Å². The zero-order chi connectivity index (χ0) is 19.4. The maximum Gasteiger partial charge on any atom is 0.349 e. The van der Waals surface area contributed by atoms with E-state index in [1.807, 2.05) is 0 Å². The minimum atomic E-state index is -0.614. The van der Waals surface area contributed by atoms with E-state index in [0.717, 1.165) is 42.8 Å². The summed E-state index contributed by atoms with van der Waals surface area (Å²) in [5.74, 6) is -0.232. The molecule has 0 saturated carbocycles. The van der Waals surface area contributed by atoms with E-state index in [4.69, 9.17) is 9.47 Å². The topological polar surface area (TPSA) is 99.5 Å². The van der Waals surface area contributed by atoms with Gasteiger partial charge in [-0.3, -0.25) is 14.2 Å². The normalized spacial score (nSPS) is 13.9. The predicted molar refractivity (Wildman–Crippen MR) is 101 cm³/mol. The minimum absolute atomic E-state index is 0.0954. The first kappa shape index (κ1) is 19.5. The molecule has 0 aromatic carbocycles. The van der Waals surface area contributed by atoms with Crippen molar-refractivity contribution in [3.05, 3.63) is 26.6 Å². The Hall–Kier alpha value is -2.26. The lowest BCUT2D eigenvalue weighted by atomic mass is 10.2. The van der Waals surface area contributed by atoms with E-state index < -0.39 is 11.9 Å². The number of nitrogens with one attached hydrogen (secondary N) is 1. The van der Waals surface area contributed by atoms with E-state index >= 15 is 0 Å². The highest BCUT2D eigenvalue weighted by Gasteiger charge is 2.23. The first-order valence-electron chi connectivity index (χ1n) is 8.98. The molecule has 1 amide bonds. The number of aryl methyl sites for hydroxylation is 2. The fourth-order valence-corrected chi connectivity index (χ4v) is 4.23. The summed E-state index contributed by atoms with van der Waals surface area (Å²) in [5.41, 5.74) is 0.471. The van der Waals surface area contributed by atoms with Crippen LogP contribution in [0.5, 0.6) is 0 Å². The Morgan fingerprint density at radius 1 is 1.30 bits per heavy atom. The summed E-state index contributed by atoms with van der Waals surface area (Å²) in [4.78, 5) is 42.5. The number of rotatable bonds is 6. The van der Waals surface area contributed by atoms with Crippen molar-refractivity contribution < 1.29 is 19.1 Å². The standard InChI is InChI=1S/C18H23N3O5S/c1-11-14-16(20-12-6-4-3-5-8-21(12)17(14)23)27-15(11)18(24)26-10-13(22)19-7-9-25-2/h3-10H2,1-2H3,(H,19,22). The molecule has 1 aliphatic heterocycles. The van der Waals surface area contributed by atoms with Crippen LogP contribution >= 0.6 is 11.3 Å². The SMILES string of the molecule is COCCNC(=O)COC(=O)c1sc2nc3n(c(=O)c2c1C)CCCCC3. The highest BCUT2D eigenvalue weighted by molar-refractivity contribution is 7.20. The van der Waals surface area contributed by atoms with Crippen LogP contribution in [0, 0.1) is 6.92 Å². The van der Waals surface area contributed by atoms with E-state index in [2.05, 4.69) is 10.3 Å². The largest absolute Gasteiger partial charge is 0.451 e. The highest BCUT2D eigenvalue weighted by atomic mass is 32.1. The Balaban J connectivity index is 1.80. The van der Waals surface area contributed by atoms with Gasteiger partial charge in [0, 0.05) is 26.6 Å². The molecule has 146 valence electrons. The van der Waals surface area contributed by atoms with Crippen molar-refractivity contribution in [1.82, 2.24) is 14.9 Å². The number of esters is 1. The number of nitrogens with zero attached hydrogens (tertiary/aromatic N) is 2.